The lowest BCUT2D eigenvalue weighted by Crippen LogP contribution is -2.28. The van der Waals surface area contributed by atoms with E-state index in [0.29, 0.717) is 16.7 Å². The van der Waals surface area contributed by atoms with Gasteiger partial charge in [0.25, 0.3) is 0 Å². The molecule has 0 amide bonds. The summed E-state index contributed by atoms with van der Waals surface area (Å²) in [5, 5.41) is 3.41. The molecule has 0 spiro atoms. The van der Waals surface area contributed by atoms with Gasteiger partial charge in [0, 0.05) is 30.7 Å². The van der Waals surface area contributed by atoms with Gasteiger partial charge in [-0.3, -0.25) is 0 Å². The van der Waals surface area contributed by atoms with Crippen LogP contribution in [-0.4, -0.2) is 0 Å². The van der Waals surface area contributed by atoms with Crippen molar-refractivity contribution in [3.05, 3.63) is 306 Å². The van der Waals surface area contributed by atoms with Crippen molar-refractivity contribution in [1.82, 2.24) is 0 Å². The zero-order valence-corrected chi connectivity index (χ0v) is 37.8. The monoisotopic (exact) mass is 964 g/mol. The average molecular weight is 964 g/mol. The highest BCUT2D eigenvalue weighted by atomic mass is 15.1. The zero-order valence-electron chi connectivity index (χ0n) is 71.8. The van der Waals surface area contributed by atoms with Crippen LogP contribution in [0.4, 0.5) is 17.1 Å². The smallest absolute Gasteiger partial charge is 0.0714 e. The van der Waals surface area contributed by atoms with Gasteiger partial charge in [-0.15, -0.1) is 0 Å². The number of nitrogens with zero attached hydrogens (tertiary/aromatic N) is 1. The summed E-state index contributed by atoms with van der Waals surface area (Å²) in [6, 6.07) is -2.57. The molecule has 12 aromatic rings. The zero-order chi connectivity index (χ0) is 78.0. The van der Waals surface area contributed by atoms with Crippen LogP contribution in [0.5, 0.6) is 0 Å². The van der Waals surface area contributed by atoms with Crippen molar-refractivity contribution in [1.29, 1.82) is 0 Å². The van der Waals surface area contributed by atoms with E-state index in [0.717, 1.165) is 32.0 Å². The fourth-order valence-electron chi connectivity index (χ4n) is 10.2. The lowest BCUT2D eigenvalue weighted by atomic mass is 9.67. The molecule has 1 nitrogen and oxygen atoms in total. The predicted molar refractivity (Wildman–Crippen MR) is 307 cm³/mol. The van der Waals surface area contributed by atoms with Crippen LogP contribution in [0.2, 0.25) is 0 Å². The van der Waals surface area contributed by atoms with Gasteiger partial charge in [-0.25, -0.2) is 0 Å². The maximum Gasteiger partial charge on any atom is 0.0714 e. The van der Waals surface area contributed by atoms with Gasteiger partial charge in [0.15, 0.2) is 0 Å². The largest absolute Gasteiger partial charge is 0.310 e. The van der Waals surface area contributed by atoms with Gasteiger partial charge in [0.05, 0.1) is 43.8 Å². The van der Waals surface area contributed by atoms with Crippen molar-refractivity contribution < 1.29 is 46.6 Å². The Bertz CT molecular complexity index is 5900. The summed E-state index contributed by atoms with van der Waals surface area (Å²) in [5.41, 5.74) is -19.3. The molecule has 0 saturated carbocycles. The average Bonchev–Trinajstić information content (AvgIpc) is 1.51. The SMILES string of the molecule is [2H]c1c([2H])c([2H])c(C2(c3c([2H])c([2H])c([2H])c([2H])c3[2H])c3c([2H])c([2H])c([2H])c([2H])c3-c3c([2H])c([2H])c(N(c4ccc(-c5ccc6ccccc6c5-c5ccc6ccccc6c5)cc4)c4c([2H])c([2H])c([2H])c(-c5c([2H])c([2H])c6c(c5[2H])C(C([2H])([2H])[2H])(C([2H])([2H])[2H])c5c([2H])c([2H])c([2H])c([2H])c5-6)c4[2H])c([2H])c32)c([2H])c1[2H]. The molecular formula is C72H51N. The van der Waals surface area contributed by atoms with E-state index in [-0.39, 0.29) is 5.69 Å². The molecule has 1 heteroatoms. The van der Waals surface area contributed by atoms with Crippen LogP contribution < -0.4 is 4.90 Å². The Morgan fingerprint density at radius 1 is 0.356 bits per heavy atom. The second kappa shape index (κ2) is 16.8. The lowest BCUT2D eigenvalue weighted by molar-refractivity contribution is 0.660. The van der Waals surface area contributed by atoms with Gasteiger partial charge in [0.1, 0.15) is 0 Å². The second-order valence-corrected chi connectivity index (χ2v) is 17.4. The Morgan fingerprint density at radius 3 is 1.71 bits per heavy atom. The molecule has 0 bridgehead atoms. The molecule has 0 N–H and O–H groups in total. The Morgan fingerprint density at radius 2 is 0.945 bits per heavy atom. The standard InChI is InChI=1S/C72H51N/c1-71(2)66-30-15-13-28-62(66)64-42-37-53(46-68(64)71)52-21-17-26-58(45-52)73(59-40-43-65-63-29-14-16-31-67(63)72(69(65)47-59,55-22-5-3-6-23-55)56-24-7-4-8-25-56)57-38-34-50(35-39-57)61-41-36-49-19-11-12-27-60(49)70(61)54-33-32-48-18-9-10-20-51(48)44-54/h3-47H,1-2H3/i1D3,2D3,3D,4D,5D,6D,7D,8D,13D,14D,15D,16D,17D,21D,22D,23D,24D,25D,26D,28D,29D,30D,31D,37D,40D,42D,43D,45D,46D,47D. The van der Waals surface area contributed by atoms with Crippen molar-refractivity contribution in [2.24, 2.45) is 0 Å². The number of anilines is 3. The van der Waals surface area contributed by atoms with Crippen LogP contribution in [0.3, 0.4) is 0 Å². The van der Waals surface area contributed by atoms with Crippen LogP contribution in [0.1, 0.15) is 93.7 Å². The number of benzene rings is 12. The molecule has 0 saturated heterocycles. The molecule has 12 aromatic carbocycles. The fraction of sp³-hybridized carbons (Fsp3) is 0.0556. The van der Waals surface area contributed by atoms with Crippen LogP contribution >= 0.6 is 0 Å². The van der Waals surface area contributed by atoms with Crippen molar-refractivity contribution in [3.8, 4) is 55.6 Å². The van der Waals surface area contributed by atoms with Crippen molar-refractivity contribution in [2.45, 2.75) is 24.5 Å². The first-order valence-electron chi connectivity index (χ1n) is 39.8. The molecule has 0 unspecified atom stereocenters. The maximum absolute atomic E-state index is 11.0. The Kier molecular flexibility index (Phi) is 4.74. The van der Waals surface area contributed by atoms with Crippen molar-refractivity contribution in [3.63, 3.8) is 0 Å². The predicted octanol–water partition coefficient (Wildman–Crippen LogP) is 19.1. The highest BCUT2D eigenvalue weighted by Crippen LogP contribution is 2.58. The van der Waals surface area contributed by atoms with E-state index >= 15 is 0 Å². The van der Waals surface area contributed by atoms with Crippen LogP contribution in [0.25, 0.3) is 77.2 Å². The fourth-order valence-corrected chi connectivity index (χ4v) is 10.2. The van der Waals surface area contributed by atoms with Gasteiger partial charge in [-0.1, -0.05) is 238 Å². The molecule has 0 fully saturated rings. The minimum atomic E-state index is -3.96. The summed E-state index contributed by atoms with van der Waals surface area (Å²) in [6.07, 6.45) is 0. The van der Waals surface area contributed by atoms with E-state index < -0.39 is 272 Å². The van der Waals surface area contributed by atoms with Gasteiger partial charge in [-0.05, 0) is 159 Å². The maximum atomic E-state index is 11.0. The Hall–Kier alpha value is -9.04. The van der Waals surface area contributed by atoms with Gasteiger partial charge in [0.2, 0.25) is 0 Å². The second-order valence-electron chi connectivity index (χ2n) is 17.4. The third kappa shape index (κ3) is 6.69. The van der Waals surface area contributed by atoms with Gasteiger partial charge in [-0.2, -0.15) is 0 Å². The number of hydrogen-bond acceptors (Lipinski definition) is 1. The molecule has 2 aliphatic carbocycles. The third-order valence-electron chi connectivity index (χ3n) is 13.4. The van der Waals surface area contributed by atoms with Crippen LogP contribution in [-0.2, 0) is 10.8 Å². The summed E-state index contributed by atoms with van der Waals surface area (Å²) in [5.74, 6) is 0. The van der Waals surface area contributed by atoms with E-state index in [1.807, 2.05) is 78.9 Å². The summed E-state index contributed by atoms with van der Waals surface area (Å²) >= 11 is 0. The molecular weight excluding hydrogens is 879 g/mol. The van der Waals surface area contributed by atoms with Crippen LogP contribution in [0.15, 0.2) is 272 Å². The van der Waals surface area contributed by atoms with Crippen LogP contribution in [0, 0.1) is 0 Å². The molecule has 344 valence electrons. The highest BCUT2D eigenvalue weighted by molar-refractivity contribution is 6.06. The van der Waals surface area contributed by atoms with Gasteiger partial charge < -0.3 is 4.90 Å². The third-order valence-corrected chi connectivity index (χ3v) is 13.4. The first-order valence-corrected chi connectivity index (χ1v) is 22.8. The van der Waals surface area contributed by atoms with E-state index in [4.69, 9.17) is 23.3 Å². The topological polar surface area (TPSA) is 3.24 Å². The normalized spacial score (nSPS) is 20.5. The summed E-state index contributed by atoms with van der Waals surface area (Å²) in [6.45, 7) is -7.92. The van der Waals surface area contributed by atoms with E-state index in [2.05, 4.69) is 0 Å². The number of fused-ring (bicyclic) bond motifs is 8. The van der Waals surface area contributed by atoms with E-state index in [1.54, 1.807) is 0 Å². The summed E-state index contributed by atoms with van der Waals surface area (Å²) in [7, 11) is 0. The molecule has 0 aromatic heterocycles. The quantitative estimate of drug-likeness (QED) is 0.147. The summed E-state index contributed by atoms with van der Waals surface area (Å²) < 4.78 is 322. The molecule has 73 heavy (non-hydrogen) atoms. The molecule has 0 radical (unpaired) electrons. The summed E-state index contributed by atoms with van der Waals surface area (Å²) in [4.78, 5) is 0.729. The molecule has 0 heterocycles. The minimum Gasteiger partial charge on any atom is -0.310 e. The Balaban J connectivity index is 1.17. The van der Waals surface area contributed by atoms with Crippen molar-refractivity contribution in [2.75, 3.05) is 4.90 Å². The van der Waals surface area contributed by atoms with E-state index in [1.165, 1.54) is 24.3 Å². The van der Waals surface area contributed by atoms with Gasteiger partial charge >= 0.3 is 0 Å². The lowest BCUT2D eigenvalue weighted by Gasteiger charge is -2.35. The Labute approximate surface area is 475 Å². The molecule has 2 aliphatic rings. The molecule has 14 rings (SSSR count). The molecule has 0 aliphatic heterocycles. The number of hydrogen-bond donors (Lipinski definition) is 0. The molecule has 0 atom stereocenters. The highest BCUT2D eigenvalue weighted by Gasteiger charge is 2.46. The minimum absolute atomic E-state index is 0.376. The first kappa shape index (κ1) is 20.6. The van der Waals surface area contributed by atoms with Crippen molar-refractivity contribution >= 4 is 38.6 Å². The number of rotatable bonds is 8. The first-order chi connectivity index (χ1) is 50.1. The van der Waals surface area contributed by atoms with E-state index in [9.17, 15) is 23.3 Å².